The van der Waals surface area contributed by atoms with Gasteiger partial charge in [0, 0.05) is 13.2 Å². The summed E-state index contributed by atoms with van der Waals surface area (Å²) < 4.78 is 10.7. The van der Waals surface area contributed by atoms with Crippen LogP contribution in [0.1, 0.15) is 22.5 Å². The van der Waals surface area contributed by atoms with E-state index in [-0.39, 0.29) is 11.9 Å². The first-order valence-electron chi connectivity index (χ1n) is 7.31. The molecule has 0 radical (unpaired) electrons. The van der Waals surface area contributed by atoms with Gasteiger partial charge in [0.05, 0.1) is 18.9 Å². The van der Waals surface area contributed by atoms with E-state index in [2.05, 4.69) is 12.1 Å². The highest BCUT2D eigenvalue weighted by molar-refractivity contribution is 5.91. The van der Waals surface area contributed by atoms with Gasteiger partial charge in [-0.1, -0.05) is 30.3 Å². The lowest BCUT2D eigenvalue weighted by Crippen LogP contribution is -2.41. The van der Waals surface area contributed by atoms with Crippen molar-refractivity contribution in [3.05, 3.63) is 60.1 Å². The molecule has 1 amide bonds. The quantitative estimate of drug-likeness (QED) is 0.848. The molecular formula is C17H19NO3. The summed E-state index contributed by atoms with van der Waals surface area (Å²) in [5, 5.41) is 0. The minimum absolute atomic E-state index is 0.0496. The van der Waals surface area contributed by atoms with Crippen molar-refractivity contribution in [1.82, 2.24) is 4.90 Å². The Labute approximate surface area is 124 Å². The average Bonchev–Trinajstić information content (AvgIpc) is 3.22. The summed E-state index contributed by atoms with van der Waals surface area (Å²) in [7, 11) is 0. The number of carbonyl (C=O) groups is 1. The van der Waals surface area contributed by atoms with E-state index in [1.807, 2.05) is 23.1 Å². The fourth-order valence-electron chi connectivity index (χ4n) is 2.65. The second kappa shape index (κ2) is 6.59. The minimum atomic E-state index is -0.0496. The maximum atomic E-state index is 12.6. The lowest BCUT2D eigenvalue weighted by Gasteiger charge is -2.27. The van der Waals surface area contributed by atoms with Crippen LogP contribution < -0.4 is 0 Å². The van der Waals surface area contributed by atoms with E-state index in [0.717, 1.165) is 19.4 Å². The molecule has 0 N–H and O–H groups in total. The van der Waals surface area contributed by atoms with E-state index in [9.17, 15) is 4.79 Å². The number of nitrogens with zero attached hydrogens (tertiary/aromatic N) is 1. The second-order valence-electron chi connectivity index (χ2n) is 5.23. The summed E-state index contributed by atoms with van der Waals surface area (Å²) in [4.78, 5) is 14.5. The Morgan fingerprint density at radius 1 is 1.19 bits per heavy atom. The number of benzene rings is 1. The maximum absolute atomic E-state index is 12.6. The van der Waals surface area contributed by atoms with Crippen molar-refractivity contribution < 1.29 is 13.9 Å². The van der Waals surface area contributed by atoms with Crippen molar-refractivity contribution >= 4 is 5.91 Å². The van der Waals surface area contributed by atoms with Crippen molar-refractivity contribution in [2.75, 3.05) is 19.8 Å². The monoisotopic (exact) mass is 285 g/mol. The molecule has 0 unspecified atom stereocenters. The number of carbonyl (C=O) groups excluding carboxylic acids is 1. The normalized spacial score (nSPS) is 17.8. The van der Waals surface area contributed by atoms with Gasteiger partial charge in [0.15, 0.2) is 5.76 Å². The van der Waals surface area contributed by atoms with Gasteiger partial charge in [-0.25, -0.2) is 0 Å². The minimum Gasteiger partial charge on any atom is -0.459 e. The van der Waals surface area contributed by atoms with Gasteiger partial charge in [0.25, 0.3) is 5.91 Å². The first kappa shape index (κ1) is 13.9. The third-order valence-electron chi connectivity index (χ3n) is 3.82. The van der Waals surface area contributed by atoms with Crippen molar-refractivity contribution in [2.45, 2.75) is 18.9 Å². The van der Waals surface area contributed by atoms with Crippen molar-refractivity contribution in [1.29, 1.82) is 0 Å². The number of ether oxygens (including phenoxy) is 1. The molecule has 2 aromatic rings. The molecule has 2 heterocycles. The Hall–Kier alpha value is -2.07. The predicted octanol–water partition coefficient (Wildman–Crippen LogP) is 2.75. The zero-order valence-electron chi connectivity index (χ0n) is 11.9. The van der Waals surface area contributed by atoms with E-state index < -0.39 is 0 Å². The van der Waals surface area contributed by atoms with Crippen LogP contribution in [0.25, 0.3) is 0 Å². The van der Waals surface area contributed by atoms with Gasteiger partial charge in [-0.3, -0.25) is 4.79 Å². The molecule has 0 saturated carbocycles. The van der Waals surface area contributed by atoms with E-state index >= 15 is 0 Å². The first-order chi connectivity index (χ1) is 10.3. The Bertz CT molecular complexity index is 559. The third-order valence-corrected chi connectivity index (χ3v) is 3.82. The molecule has 110 valence electrons. The smallest absolute Gasteiger partial charge is 0.289 e. The molecule has 1 aromatic carbocycles. The zero-order chi connectivity index (χ0) is 14.5. The van der Waals surface area contributed by atoms with E-state index in [1.165, 1.54) is 11.8 Å². The van der Waals surface area contributed by atoms with Gasteiger partial charge in [0.1, 0.15) is 0 Å². The topological polar surface area (TPSA) is 42.7 Å². The fraction of sp³-hybridized carbons (Fsp3) is 0.353. The molecule has 1 aromatic heterocycles. The molecule has 0 spiro atoms. The Kier molecular flexibility index (Phi) is 4.36. The number of hydrogen-bond donors (Lipinski definition) is 0. The third kappa shape index (κ3) is 3.34. The summed E-state index contributed by atoms with van der Waals surface area (Å²) in [5.74, 6) is 0.349. The van der Waals surface area contributed by atoms with Crippen LogP contribution >= 0.6 is 0 Å². The molecular weight excluding hydrogens is 266 g/mol. The Morgan fingerprint density at radius 3 is 2.71 bits per heavy atom. The summed E-state index contributed by atoms with van der Waals surface area (Å²) in [6.07, 6.45) is 3.26. The molecule has 4 nitrogen and oxygen atoms in total. The fourth-order valence-corrected chi connectivity index (χ4v) is 2.65. The lowest BCUT2D eigenvalue weighted by molar-refractivity contribution is 0.0624. The van der Waals surface area contributed by atoms with Crippen molar-refractivity contribution in [2.24, 2.45) is 0 Å². The van der Waals surface area contributed by atoms with Crippen LogP contribution in [0.3, 0.4) is 0 Å². The van der Waals surface area contributed by atoms with Crippen LogP contribution in [0.15, 0.2) is 53.1 Å². The average molecular weight is 285 g/mol. The molecule has 4 heteroatoms. The highest BCUT2D eigenvalue weighted by Crippen LogP contribution is 2.17. The number of furan rings is 1. The van der Waals surface area contributed by atoms with Crippen molar-refractivity contribution in [3.8, 4) is 0 Å². The number of rotatable bonds is 5. The highest BCUT2D eigenvalue weighted by Gasteiger charge is 2.29. The van der Waals surface area contributed by atoms with Gasteiger partial charge in [-0.15, -0.1) is 0 Å². The predicted molar refractivity (Wildman–Crippen MR) is 79.1 cm³/mol. The maximum Gasteiger partial charge on any atom is 0.289 e. The molecule has 21 heavy (non-hydrogen) atoms. The molecule has 1 fully saturated rings. The Morgan fingerprint density at radius 2 is 2.05 bits per heavy atom. The molecule has 1 atom stereocenters. The first-order valence-corrected chi connectivity index (χ1v) is 7.31. The molecule has 1 aliphatic heterocycles. The Balaban J connectivity index is 1.71. The van der Waals surface area contributed by atoms with Crippen LogP contribution in [0.2, 0.25) is 0 Å². The number of hydrogen-bond acceptors (Lipinski definition) is 3. The van der Waals surface area contributed by atoms with Crippen LogP contribution in [-0.2, 0) is 11.2 Å². The van der Waals surface area contributed by atoms with Crippen LogP contribution in [0, 0.1) is 0 Å². The SMILES string of the molecule is O=C(c1ccco1)N(CCc1ccccc1)[C@H]1CCOC1. The van der Waals surface area contributed by atoms with Gasteiger partial charge >= 0.3 is 0 Å². The molecule has 1 saturated heterocycles. The molecule has 0 bridgehead atoms. The standard InChI is InChI=1S/C17H19NO3/c19-17(16-7-4-11-21-16)18(15-9-12-20-13-15)10-8-14-5-2-1-3-6-14/h1-7,11,15H,8-10,12-13H2/t15-/m0/s1. The molecule has 3 rings (SSSR count). The van der Waals surface area contributed by atoms with Crippen LogP contribution in [0.4, 0.5) is 0 Å². The van der Waals surface area contributed by atoms with Crippen molar-refractivity contribution in [3.63, 3.8) is 0 Å². The highest BCUT2D eigenvalue weighted by atomic mass is 16.5. The largest absolute Gasteiger partial charge is 0.459 e. The number of amides is 1. The lowest BCUT2D eigenvalue weighted by atomic mass is 10.1. The van der Waals surface area contributed by atoms with Gasteiger partial charge in [0.2, 0.25) is 0 Å². The van der Waals surface area contributed by atoms with Crippen LogP contribution in [0.5, 0.6) is 0 Å². The summed E-state index contributed by atoms with van der Waals surface area (Å²) >= 11 is 0. The summed E-state index contributed by atoms with van der Waals surface area (Å²) in [6, 6.07) is 13.8. The van der Waals surface area contributed by atoms with E-state index in [4.69, 9.17) is 9.15 Å². The van der Waals surface area contributed by atoms with E-state index in [1.54, 1.807) is 12.1 Å². The molecule has 1 aliphatic rings. The molecule has 0 aliphatic carbocycles. The second-order valence-corrected chi connectivity index (χ2v) is 5.23. The summed E-state index contributed by atoms with van der Waals surface area (Å²) in [6.45, 7) is 2.01. The summed E-state index contributed by atoms with van der Waals surface area (Å²) in [5.41, 5.74) is 1.23. The van der Waals surface area contributed by atoms with Crippen LogP contribution in [-0.4, -0.2) is 36.6 Å². The zero-order valence-corrected chi connectivity index (χ0v) is 11.9. The van der Waals surface area contributed by atoms with Gasteiger partial charge in [-0.05, 0) is 30.5 Å². The van der Waals surface area contributed by atoms with Gasteiger partial charge in [-0.2, -0.15) is 0 Å². The van der Waals surface area contributed by atoms with E-state index in [0.29, 0.717) is 18.9 Å². The van der Waals surface area contributed by atoms with Gasteiger partial charge < -0.3 is 14.1 Å².